The van der Waals surface area contributed by atoms with Gasteiger partial charge in [0.25, 0.3) is 0 Å². The zero-order valence-corrected chi connectivity index (χ0v) is 13.4. The van der Waals surface area contributed by atoms with Gasteiger partial charge < -0.3 is 10.2 Å². The van der Waals surface area contributed by atoms with E-state index in [0.717, 1.165) is 24.1 Å². The van der Waals surface area contributed by atoms with Gasteiger partial charge in [0.05, 0.1) is 6.54 Å². The van der Waals surface area contributed by atoms with Crippen molar-refractivity contribution in [3.63, 3.8) is 0 Å². The molecule has 1 saturated heterocycles. The predicted molar refractivity (Wildman–Crippen MR) is 82.8 cm³/mol. The second-order valence-corrected chi connectivity index (χ2v) is 7.23. The molecule has 0 radical (unpaired) electrons. The molecule has 5 heteroatoms. The first-order valence-corrected chi connectivity index (χ1v) is 8.63. The van der Waals surface area contributed by atoms with E-state index in [2.05, 4.69) is 12.2 Å². The number of carbonyl (C=O) groups is 2. The fourth-order valence-corrected chi connectivity index (χ4v) is 3.71. The molecule has 4 nitrogen and oxygen atoms in total. The highest BCUT2D eigenvalue weighted by Crippen LogP contribution is 2.38. The van der Waals surface area contributed by atoms with Crippen LogP contribution in [0.15, 0.2) is 17.5 Å². The van der Waals surface area contributed by atoms with E-state index in [-0.39, 0.29) is 29.8 Å². The fraction of sp³-hybridized carbons (Fsp3) is 0.625. The number of amides is 2. The first-order valence-electron chi connectivity index (χ1n) is 7.75. The molecule has 1 aliphatic carbocycles. The minimum atomic E-state index is -0.363. The summed E-state index contributed by atoms with van der Waals surface area (Å²) in [6.07, 6.45) is 3.00. The van der Waals surface area contributed by atoms with E-state index in [1.54, 1.807) is 11.3 Å². The maximum absolute atomic E-state index is 12.9. The minimum Gasteiger partial charge on any atom is -0.342 e. The highest BCUT2D eigenvalue weighted by molar-refractivity contribution is 7.09. The van der Waals surface area contributed by atoms with Gasteiger partial charge in [-0.25, -0.2) is 0 Å². The summed E-state index contributed by atoms with van der Waals surface area (Å²) in [5, 5.41) is 4.99. The van der Waals surface area contributed by atoms with E-state index in [4.69, 9.17) is 0 Å². The average Bonchev–Trinajstić information content (AvgIpc) is 3.17. The van der Waals surface area contributed by atoms with Gasteiger partial charge >= 0.3 is 0 Å². The lowest BCUT2D eigenvalue weighted by atomic mass is 9.93. The molecule has 1 aliphatic heterocycles. The van der Waals surface area contributed by atoms with Crippen molar-refractivity contribution in [2.24, 2.45) is 11.8 Å². The van der Waals surface area contributed by atoms with Crippen molar-refractivity contribution in [2.75, 3.05) is 0 Å². The Morgan fingerprint density at radius 1 is 1.43 bits per heavy atom. The molecule has 2 fully saturated rings. The molecule has 3 unspecified atom stereocenters. The summed E-state index contributed by atoms with van der Waals surface area (Å²) < 4.78 is 0. The zero-order chi connectivity index (χ0) is 15.0. The Labute approximate surface area is 129 Å². The summed E-state index contributed by atoms with van der Waals surface area (Å²) >= 11 is 1.64. The van der Waals surface area contributed by atoms with Crippen LogP contribution in [0.3, 0.4) is 0 Å². The van der Waals surface area contributed by atoms with Gasteiger partial charge in [0.1, 0.15) is 12.1 Å². The van der Waals surface area contributed by atoms with Crippen LogP contribution in [0.4, 0.5) is 0 Å². The molecule has 0 bridgehead atoms. The molecule has 1 saturated carbocycles. The zero-order valence-electron chi connectivity index (χ0n) is 12.5. The summed E-state index contributed by atoms with van der Waals surface area (Å²) in [7, 11) is 0. The predicted octanol–water partition coefficient (Wildman–Crippen LogP) is 2.40. The van der Waals surface area contributed by atoms with Crippen molar-refractivity contribution < 1.29 is 9.59 Å². The highest BCUT2D eigenvalue weighted by Gasteiger charge is 2.48. The third kappa shape index (κ3) is 2.84. The Bertz CT molecular complexity index is 524. The summed E-state index contributed by atoms with van der Waals surface area (Å²) in [5.41, 5.74) is 0. The third-order valence-corrected chi connectivity index (χ3v) is 5.50. The van der Waals surface area contributed by atoms with Crippen LogP contribution in [0.5, 0.6) is 0 Å². The molecule has 1 aromatic rings. The molecule has 114 valence electrons. The molecule has 2 amide bonds. The van der Waals surface area contributed by atoms with Crippen LogP contribution >= 0.6 is 11.3 Å². The van der Waals surface area contributed by atoms with E-state index in [0.29, 0.717) is 12.5 Å². The molecular weight excluding hydrogens is 284 g/mol. The van der Waals surface area contributed by atoms with Crippen LogP contribution < -0.4 is 5.32 Å². The van der Waals surface area contributed by atoms with Crippen LogP contribution in [-0.4, -0.2) is 28.8 Å². The van der Waals surface area contributed by atoms with Crippen molar-refractivity contribution in [1.82, 2.24) is 10.2 Å². The Kier molecular flexibility index (Phi) is 4.02. The van der Waals surface area contributed by atoms with Gasteiger partial charge in [-0.1, -0.05) is 26.3 Å². The summed E-state index contributed by atoms with van der Waals surface area (Å²) in [5.74, 6) is 0.660. The molecule has 0 spiro atoms. The minimum absolute atomic E-state index is 0.0407. The first kappa shape index (κ1) is 14.6. The van der Waals surface area contributed by atoms with Crippen molar-refractivity contribution >= 4 is 23.2 Å². The highest BCUT2D eigenvalue weighted by atomic mass is 32.1. The molecule has 3 rings (SSSR count). The monoisotopic (exact) mass is 306 g/mol. The standard InChI is InChI=1S/C16H22N2O2S/c1-3-10(2)13-16(20)18(9-12-5-4-8-21-12)14(11-6-7-11)15(19)17-13/h4-5,8,10-11,13-14H,3,6-7,9H2,1-2H3,(H,17,19). The molecule has 2 heterocycles. The number of nitrogens with one attached hydrogen (secondary N) is 1. The van der Waals surface area contributed by atoms with E-state index in [1.807, 2.05) is 29.3 Å². The van der Waals surface area contributed by atoms with E-state index in [1.165, 1.54) is 0 Å². The van der Waals surface area contributed by atoms with Crippen LogP contribution in [0.2, 0.25) is 0 Å². The van der Waals surface area contributed by atoms with Gasteiger partial charge in [-0.15, -0.1) is 11.3 Å². The molecule has 0 aromatic carbocycles. The third-order valence-electron chi connectivity index (χ3n) is 4.64. The van der Waals surface area contributed by atoms with Crippen molar-refractivity contribution in [3.8, 4) is 0 Å². The van der Waals surface area contributed by atoms with Crippen LogP contribution in [0.1, 0.15) is 38.0 Å². The number of hydrogen-bond acceptors (Lipinski definition) is 3. The number of carbonyl (C=O) groups excluding carboxylic acids is 2. The quantitative estimate of drug-likeness (QED) is 0.908. The number of rotatable bonds is 5. The van der Waals surface area contributed by atoms with Gasteiger partial charge in [0, 0.05) is 4.88 Å². The molecule has 2 aliphatic rings. The molecule has 21 heavy (non-hydrogen) atoms. The number of thiophene rings is 1. The smallest absolute Gasteiger partial charge is 0.246 e. The van der Waals surface area contributed by atoms with Crippen LogP contribution in [0, 0.1) is 11.8 Å². The SMILES string of the molecule is CCC(C)C1NC(=O)C(C2CC2)N(Cc2cccs2)C1=O. The van der Waals surface area contributed by atoms with Crippen molar-refractivity contribution in [3.05, 3.63) is 22.4 Å². The van der Waals surface area contributed by atoms with Crippen LogP contribution in [-0.2, 0) is 16.1 Å². The lowest BCUT2D eigenvalue weighted by Gasteiger charge is -2.40. The average molecular weight is 306 g/mol. The Morgan fingerprint density at radius 3 is 2.76 bits per heavy atom. The normalized spacial score (nSPS) is 27.6. The topological polar surface area (TPSA) is 49.4 Å². The van der Waals surface area contributed by atoms with E-state index in [9.17, 15) is 9.59 Å². The van der Waals surface area contributed by atoms with Crippen molar-refractivity contribution in [2.45, 2.75) is 51.7 Å². The lowest BCUT2D eigenvalue weighted by molar-refractivity contribution is -0.152. The van der Waals surface area contributed by atoms with Gasteiger partial charge in [0.15, 0.2) is 0 Å². The van der Waals surface area contributed by atoms with Gasteiger partial charge in [-0.3, -0.25) is 9.59 Å². The van der Waals surface area contributed by atoms with Crippen molar-refractivity contribution in [1.29, 1.82) is 0 Å². The Balaban J connectivity index is 1.85. The molecular formula is C16H22N2O2S. The van der Waals surface area contributed by atoms with E-state index < -0.39 is 0 Å². The van der Waals surface area contributed by atoms with Gasteiger partial charge in [-0.2, -0.15) is 0 Å². The second kappa shape index (κ2) is 5.79. The molecule has 1 N–H and O–H groups in total. The maximum atomic E-state index is 12.9. The van der Waals surface area contributed by atoms with Gasteiger partial charge in [0.2, 0.25) is 11.8 Å². The van der Waals surface area contributed by atoms with E-state index >= 15 is 0 Å². The summed E-state index contributed by atoms with van der Waals surface area (Å²) in [6.45, 7) is 4.66. The first-order chi connectivity index (χ1) is 10.1. The number of nitrogens with zero attached hydrogens (tertiary/aromatic N) is 1. The fourth-order valence-electron chi connectivity index (χ4n) is 3.01. The summed E-state index contributed by atoms with van der Waals surface area (Å²) in [4.78, 5) is 28.3. The number of hydrogen-bond donors (Lipinski definition) is 1. The Hall–Kier alpha value is -1.36. The van der Waals surface area contributed by atoms with Crippen LogP contribution in [0.25, 0.3) is 0 Å². The summed E-state index contributed by atoms with van der Waals surface area (Å²) in [6, 6.07) is 3.40. The molecule has 1 aromatic heterocycles. The number of piperazine rings is 1. The molecule has 3 atom stereocenters. The second-order valence-electron chi connectivity index (χ2n) is 6.20. The largest absolute Gasteiger partial charge is 0.342 e. The Morgan fingerprint density at radius 2 is 2.19 bits per heavy atom. The maximum Gasteiger partial charge on any atom is 0.246 e. The van der Waals surface area contributed by atoms with Gasteiger partial charge in [-0.05, 0) is 36.1 Å². The lowest BCUT2D eigenvalue weighted by Crippen LogP contribution is -2.65.